The van der Waals surface area contributed by atoms with Crippen molar-refractivity contribution in [1.82, 2.24) is 4.98 Å². The maximum absolute atomic E-state index is 12.2. The second-order valence-corrected chi connectivity index (χ2v) is 5.61. The number of carbonyl (C=O) groups is 2. The first-order valence-corrected chi connectivity index (χ1v) is 7.49. The van der Waals surface area contributed by atoms with E-state index in [1.54, 1.807) is 6.07 Å². The number of nitrogens with zero attached hydrogens (tertiary/aromatic N) is 1. The number of carboxylic acids is 1. The van der Waals surface area contributed by atoms with Crippen molar-refractivity contribution in [3.05, 3.63) is 50.8 Å². The number of aryl methyl sites for hydroxylation is 1. The zero-order chi connectivity index (χ0) is 18.0. The van der Waals surface area contributed by atoms with Crippen LogP contribution in [0.1, 0.15) is 32.1 Å². The van der Waals surface area contributed by atoms with E-state index in [0.29, 0.717) is 0 Å². The molecular weight excluding hydrogens is 357 g/mol. The summed E-state index contributed by atoms with van der Waals surface area (Å²) in [4.78, 5) is 28.0. The molecule has 6 nitrogen and oxygen atoms in total. The van der Waals surface area contributed by atoms with Gasteiger partial charge in [-0.05, 0) is 13.0 Å². The summed E-state index contributed by atoms with van der Waals surface area (Å²) in [6.45, 7) is 0.891. The normalized spacial score (nSPS) is 10.5. The number of hydrogen-bond donors (Lipinski definition) is 2. The largest absolute Gasteiger partial charge is 0.478 e. The molecule has 0 bridgehead atoms. The smallest absolute Gasteiger partial charge is 0.340 e. The van der Waals surface area contributed by atoms with E-state index in [4.69, 9.17) is 27.9 Å². The summed E-state index contributed by atoms with van der Waals surface area (Å²) in [5.41, 5.74) is 0.00476. The van der Waals surface area contributed by atoms with Crippen LogP contribution in [0, 0.1) is 6.92 Å². The fourth-order valence-electron chi connectivity index (χ4n) is 2.43. The monoisotopic (exact) mass is 369 g/mol. The minimum Gasteiger partial charge on any atom is -0.478 e. The van der Waals surface area contributed by atoms with Crippen LogP contribution in [0.15, 0.2) is 18.2 Å². The maximum Gasteiger partial charge on any atom is 0.340 e. The van der Waals surface area contributed by atoms with E-state index in [-0.39, 0.29) is 43.7 Å². The van der Waals surface area contributed by atoms with E-state index in [2.05, 4.69) is 4.98 Å². The van der Waals surface area contributed by atoms with Gasteiger partial charge in [-0.3, -0.25) is 4.98 Å². The molecule has 0 unspecified atom stereocenters. The van der Waals surface area contributed by atoms with Crippen molar-refractivity contribution >= 4 is 35.1 Å². The quantitative estimate of drug-likeness (QED) is 0.802. The van der Waals surface area contributed by atoms with Crippen molar-refractivity contribution in [2.45, 2.75) is 13.5 Å². The van der Waals surface area contributed by atoms with Gasteiger partial charge in [-0.15, -0.1) is 0 Å². The van der Waals surface area contributed by atoms with Crippen LogP contribution < -0.4 is 0 Å². The Labute approximate surface area is 147 Å². The van der Waals surface area contributed by atoms with Gasteiger partial charge in [0, 0.05) is 11.1 Å². The second kappa shape index (κ2) is 7.17. The minimum absolute atomic E-state index is 0.00427. The Morgan fingerprint density at radius 1 is 1.25 bits per heavy atom. The number of aliphatic hydroxyl groups is 1. The highest BCUT2D eigenvalue weighted by molar-refractivity contribution is 6.44. The third-order valence-electron chi connectivity index (χ3n) is 3.43. The van der Waals surface area contributed by atoms with Gasteiger partial charge < -0.3 is 14.9 Å². The molecule has 1 aromatic heterocycles. The Morgan fingerprint density at radius 2 is 1.92 bits per heavy atom. The minimum atomic E-state index is -1.29. The first-order chi connectivity index (χ1) is 11.3. The number of aromatic carboxylic acids is 1. The van der Waals surface area contributed by atoms with Crippen molar-refractivity contribution < 1.29 is 24.5 Å². The Bertz CT molecular complexity index is 836. The van der Waals surface area contributed by atoms with Gasteiger partial charge in [0.25, 0.3) is 0 Å². The average molecular weight is 370 g/mol. The number of carboxylic acid groups (broad SMARTS) is 1. The predicted molar refractivity (Wildman–Crippen MR) is 88.7 cm³/mol. The van der Waals surface area contributed by atoms with Crippen molar-refractivity contribution in [3.63, 3.8) is 0 Å². The standard InChI is InChI=1S/C16H13Cl2NO5/c1-7-11(15(21)22)12(8-4-3-5-9(17)14(8)18)13(16(23)24-2)10(6-20)19-7/h3-5,20H,6H2,1-2H3,(H,21,22). The summed E-state index contributed by atoms with van der Waals surface area (Å²) >= 11 is 12.2. The van der Waals surface area contributed by atoms with E-state index in [1.165, 1.54) is 19.1 Å². The van der Waals surface area contributed by atoms with Gasteiger partial charge in [-0.1, -0.05) is 35.3 Å². The van der Waals surface area contributed by atoms with E-state index in [0.717, 1.165) is 7.11 Å². The van der Waals surface area contributed by atoms with Crippen LogP contribution in [0.5, 0.6) is 0 Å². The van der Waals surface area contributed by atoms with Gasteiger partial charge in [-0.25, -0.2) is 9.59 Å². The summed E-state index contributed by atoms with van der Waals surface area (Å²) in [5, 5.41) is 19.4. The molecule has 0 amide bonds. The predicted octanol–water partition coefficient (Wildman–Crippen LogP) is 3.34. The highest BCUT2D eigenvalue weighted by Gasteiger charge is 2.29. The van der Waals surface area contributed by atoms with Gasteiger partial charge >= 0.3 is 11.9 Å². The number of halogens is 2. The molecule has 2 N–H and O–H groups in total. The van der Waals surface area contributed by atoms with E-state index in [9.17, 15) is 19.8 Å². The Balaban J connectivity index is 3.04. The number of carbonyl (C=O) groups excluding carboxylic acids is 1. The van der Waals surface area contributed by atoms with Crippen LogP contribution in [-0.4, -0.2) is 34.2 Å². The second-order valence-electron chi connectivity index (χ2n) is 4.83. The number of esters is 1. The van der Waals surface area contributed by atoms with Crippen LogP contribution in [0.4, 0.5) is 0 Å². The fraction of sp³-hybridized carbons (Fsp3) is 0.188. The van der Waals surface area contributed by atoms with Crippen molar-refractivity contribution in [3.8, 4) is 11.1 Å². The van der Waals surface area contributed by atoms with Crippen molar-refractivity contribution in [1.29, 1.82) is 0 Å². The fourth-order valence-corrected chi connectivity index (χ4v) is 2.82. The lowest BCUT2D eigenvalue weighted by Gasteiger charge is -2.17. The summed E-state index contributed by atoms with van der Waals surface area (Å²) in [6, 6.07) is 4.64. The molecule has 126 valence electrons. The molecular formula is C16H13Cl2NO5. The zero-order valence-electron chi connectivity index (χ0n) is 12.8. The van der Waals surface area contributed by atoms with Crippen LogP contribution >= 0.6 is 23.2 Å². The Kier molecular flexibility index (Phi) is 5.43. The van der Waals surface area contributed by atoms with Crippen molar-refractivity contribution in [2.75, 3.05) is 7.11 Å². The van der Waals surface area contributed by atoms with Crippen LogP contribution in [0.2, 0.25) is 10.0 Å². The highest BCUT2D eigenvalue weighted by Crippen LogP contribution is 2.39. The summed E-state index contributed by atoms with van der Waals surface area (Å²) in [6.07, 6.45) is 0. The first kappa shape index (κ1) is 18.2. The molecule has 8 heteroatoms. The molecule has 0 fully saturated rings. The van der Waals surface area contributed by atoms with Gasteiger partial charge in [0.05, 0.1) is 46.3 Å². The van der Waals surface area contributed by atoms with Gasteiger partial charge in [-0.2, -0.15) is 0 Å². The molecule has 0 aliphatic heterocycles. The van der Waals surface area contributed by atoms with E-state index >= 15 is 0 Å². The van der Waals surface area contributed by atoms with Crippen LogP contribution in [0.25, 0.3) is 11.1 Å². The summed E-state index contributed by atoms with van der Waals surface area (Å²) in [7, 11) is 1.15. The number of benzene rings is 1. The zero-order valence-corrected chi connectivity index (χ0v) is 14.3. The molecule has 24 heavy (non-hydrogen) atoms. The SMILES string of the molecule is COC(=O)c1c(CO)nc(C)c(C(=O)O)c1-c1cccc(Cl)c1Cl. The molecule has 2 aromatic rings. The molecule has 0 saturated carbocycles. The van der Waals surface area contributed by atoms with Gasteiger partial charge in [0.15, 0.2) is 0 Å². The van der Waals surface area contributed by atoms with Crippen LogP contribution in [0.3, 0.4) is 0 Å². The lowest BCUT2D eigenvalue weighted by molar-refractivity contribution is 0.0597. The average Bonchev–Trinajstić information content (AvgIpc) is 2.55. The van der Waals surface area contributed by atoms with Crippen molar-refractivity contribution in [2.24, 2.45) is 0 Å². The number of aromatic nitrogens is 1. The third-order valence-corrected chi connectivity index (χ3v) is 4.25. The molecule has 1 heterocycles. The molecule has 0 aliphatic carbocycles. The maximum atomic E-state index is 12.2. The number of aliphatic hydroxyl groups excluding tert-OH is 1. The van der Waals surface area contributed by atoms with Gasteiger partial charge in [0.2, 0.25) is 0 Å². The molecule has 0 atom stereocenters. The van der Waals surface area contributed by atoms with E-state index < -0.39 is 18.5 Å². The number of rotatable bonds is 4. The van der Waals surface area contributed by atoms with Gasteiger partial charge in [0.1, 0.15) is 0 Å². The lowest BCUT2D eigenvalue weighted by atomic mass is 9.92. The third kappa shape index (κ3) is 3.08. The Hall–Kier alpha value is -2.15. The topological polar surface area (TPSA) is 96.7 Å². The number of hydrogen-bond acceptors (Lipinski definition) is 5. The summed E-state index contributed by atoms with van der Waals surface area (Å²) < 4.78 is 4.73. The first-order valence-electron chi connectivity index (χ1n) is 6.73. The number of pyridine rings is 1. The van der Waals surface area contributed by atoms with Crippen LogP contribution in [-0.2, 0) is 11.3 Å². The molecule has 0 radical (unpaired) electrons. The molecule has 0 aliphatic rings. The summed E-state index contributed by atoms with van der Waals surface area (Å²) in [5.74, 6) is -2.12. The van der Waals surface area contributed by atoms with E-state index in [1.807, 2.05) is 0 Å². The molecule has 0 spiro atoms. The molecule has 2 rings (SSSR count). The molecule has 1 aromatic carbocycles. The number of ether oxygens (including phenoxy) is 1. The lowest BCUT2D eigenvalue weighted by Crippen LogP contribution is -2.16. The Morgan fingerprint density at radius 3 is 2.46 bits per heavy atom. The highest BCUT2D eigenvalue weighted by atomic mass is 35.5. The number of methoxy groups -OCH3 is 1. The molecule has 0 saturated heterocycles.